The lowest BCUT2D eigenvalue weighted by atomic mass is 10.1. The molecular weight excluding hydrogens is 420 g/mol. The molecule has 0 spiro atoms. The molecule has 1 saturated heterocycles. The van der Waals surface area contributed by atoms with E-state index in [9.17, 15) is 15.0 Å². The third kappa shape index (κ3) is 3.91. The van der Waals surface area contributed by atoms with Crippen LogP contribution in [0.25, 0.3) is 0 Å². The van der Waals surface area contributed by atoms with Crippen LogP contribution in [0.3, 0.4) is 0 Å². The van der Waals surface area contributed by atoms with Crippen LogP contribution >= 0.6 is 29.5 Å². The maximum absolute atomic E-state index is 11.9. The Balaban J connectivity index is 2.22. The Morgan fingerprint density at radius 1 is 1.50 bits per heavy atom. The fourth-order valence-corrected chi connectivity index (χ4v) is 3.69. The molecule has 1 aromatic rings. The Kier molecular flexibility index (Phi) is 5.38. The molecule has 4 atom stereocenters. The summed E-state index contributed by atoms with van der Waals surface area (Å²) >= 11 is 1.95. The van der Waals surface area contributed by atoms with Crippen molar-refractivity contribution >= 4 is 41.6 Å². The summed E-state index contributed by atoms with van der Waals surface area (Å²) in [6.45, 7) is 2.94. The summed E-state index contributed by atoms with van der Waals surface area (Å²) in [6, 6.07) is 0. The van der Waals surface area contributed by atoms with Gasteiger partial charge >= 0.3 is 5.69 Å². The lowest BCUT2D eigenvalue weighted by Gasteiger charge is -2.19. The fourth-order valence-electron chi connectivity index (χ4n) is 2.31. The number of aliphatic hydroxyl groups excluding tert-OH is 2. The molecule has 0 aliphatic carbocycles. The van der Waals surface area contributed by atoms with E-state index in [4.69, 9.17) is 10.5 Å². The summed E-state index contributed by atoms with van der Waals surface area (Å²) in [4.78, 5) is 15.6. The maximum atomic E-state index is 11.9. The first kappa shape index (κ1) is 17.9. The van der Waals surface area contributed by atoms with E-state index in [1.165, 1.54) is 10.8 Å². The van der Waals surface area contributed by atoms with Gasteiger partial charge in [-0.15, -0.1) is 13.2 Å². The van der Waals surface area contributed by atoms with Crippen LogP contribution in [-0.2, 0) is 4.74 Å². The minimum Gasteiger partial charge on any atom is -0.388 e. The van der Waals surface area contributed by atoms with Crippen LogP contribution in [0.4, 0.5) is 5.82 Å². The van der Waals surface area contributed by atoms with Crippen molar-refractivity contribution in [1.82, 2.24) is 9.55 Å². The van der Waals surface area contributed by atoms with Crippen molar-refractivity contribution in [2.75, 3.05) is 25.2 Å². The average molecular weight is 441 g/mol. The number of anilines is 1. The number of hydrogen-bond acceptors (Lipinski definition) is 6. The molecule has 0 aromatic carbocycles. The zero-order chi connectivity index (χ0) is 16.7. The molecule has 0 amide bonds. The van der Waals surface area contributed by atoms with Crippen LogP contribution in [0.15, 0.2) is 11.0 Å². The molecule has 1 aliphatic rings. The van der Waals surface area contributed by atoms with Crippen molar-refractivity contribution in [2.45, 2.75) is 31.0 Å². The van der Waals surface area contributed by atoms with Gasteiger partial charge in [0.1, 0.15) is 18.0 Å². The van der Waals surface area contributed by atoms with Gasteiger partial charge in [0.25, 0.3) is 0 Å². The number of nitrogens with two attached hydrogens (primary N) is 1. The highest BCUT2D eigenvalue weighted by molar-refractivity contribution is 14.1. The summed E-state index contributed by atoms with van der Waals surface area (Å²) < 4.78 is 7.47. The SMILES string of the molecule is C=P(C)(C)CC[C@H]1OC(n2cc(I)c(N)nc2=O)[C@H](O)[C@@H]1O. The third-order valence-electron chi connectivity index (χ3n) is 3.56. The van der Waals surface area contributed by atoms with E-state index in [2.05, 4.69) is 24.6 Å². The smallest absolute Gasteiger partial charge is 0.351 e. The summed E-state index contributed by atoms with van der Waals surface area (Å²) in [6.07, 6.45) is 3.31. The molecule has 1 aromatic heterocycles. The molecule has 124 valence electrons. The molecule has 9 heteroatoms. The van der Waals surface area contributed by atoms with E-state index in [0.717, 1.165) is 6.16 Å². The topological polar surface area (TPSA) is 111 Å². The van der Waals surface area contributed by atoms with Gasteiger partial charge in [0.05, 0.1) is 9.67 Å². The predicted octanol–water partition coefficient (Wildman–Crippen LogP) is 0.149. The molecule has 2 rings (SSSR count). The van der Waals surface area contributed by atoms with E-state index in [0.29, 0.717) is 9.99 Å². The minimum absolute atomic E-state index is 0.134. The second-order valence-corrected chi connectivity index (χ2v) is 11.6. The highest BCUT2D eigenvalue weighted by atomic mass is 127. The van der Waals surface area contributed by atoms with E-state index in [1.807, 2.05) is 22.6 Å². The molecule has 1 unspecified atom stereocenters. The van der Waals surface area contributed by atoms with E-state index >= 15 is 0 Å². The number of aliphatic hydroxyl groups is 2. The van der Waals surface area contributed by atoms with Gasteiger partial charge in [-0.2, -0.15) is 4.98 Å². The molecule has 7 nitrogen and oxygen atoms in total. The van der Waals surface area contributed by atoms with Crippen LogP contribution in [0.1, 0.15) is 12.6 Å². The van der Waals surface area contributed by atoms with Gasteiger partial charge in [0.15, 0.2) is 6.23 Å². The van der Waals surface area contributed by atoms with Gasteiger partial charge in [-0.25, -0.2) is 4.79 Å². The van der Waals surface area contributed by atoms with Crippen molar-refractivity contribution in [3.8, 4) is 0 Å². The number of rotatable bonds is 4. The van der Waals surface area contributed by atoms with Crippen LogP contribution in [0, 0.1) is 3.57 Å². The highest BCUT2D eigenvalue weighted by Crippen LogP contribution is 2.39. The van der Waals surface area contributed by atoms with E-state index in [1.54, 1.807) is 0 Å². The van der Waals surface area contributed by atoms with Crippen LogP contribution < -0.4 is 11.4 Å². The van der Waals surface area contributed by atoms with Gasteiger partial charge < -0.3 is 20.7 Å². The second kappa shape index (κ2) is 6.60. The summed E-state index contributed by atoms with van der Waals surface area (Å²) in [7, 11) is 0. The van der Waals surface area contributed by atoms with Gasteiger partial charge in [0.2, 0.25) is 0 Å². The van der Waals surface area contributed by atoms with E-state index < -0.39 is 37.1 Å². The van der Waals surface area contributed by atoms with Crippen LogP contribution in [-0.4, -0.2) is 63.9 Å². The van der Waals surface area contributed by atoms with E-state index in [-0.39, 0.29) is 5.82 Å². The molecule has 0 radical (unpaired) electrons. The quantitative estimate of drug-likeness (QED) is 0.454. The Labute approximate surface area is 142 Å². The minimum atomic E-state index is -1.25. The zero-order valence-electron chi connectivity index (χ0n) is 12.5. The summed E-state index contributed by atoms with van der Waals surface area (Å²) in [5.41, 5.74) is 4.97. The number of hydrogen-bond donors (Lipinski definition) is 3. The molecule has 4 N–H and O–H groups in total. The van der Waals surface area contributed by atoms with Crippen molar-refractivity contribution in [3.05, 3.63) is 20.3 Å². The third-order valence-corrected chi connectivity index (χ3v) is 5.86. The average Bonchev–Trinajstić information content (AvgIpc) is 2.68. The molecular formula is C13H21IN3O4P. The number of aromatic nitrogens is 2. The molecule has 22 heavy (non-hydrogen) atoms. The molecule has 0 bridgehead atoms. The molecule has 1 fully saturated rings. The lowest BCUT2D eigenvalue weighted by molar-refractivity contribution is -0.0402. The first-order valence-corrected chi connectivity index (χ1v) is 11.0. The Bertz CT molecular complexity index is 659. The van der Waals surface area contributed by atoms with Crippen molar-refractivity contribution in [3.63, 3.8) is 0 Å². The number of ether oxygens (including phenoxy) is 1. The first-order valence-electron chi connectivity index (χ1n) is 6.83. The number of halogens is 1. The largest absolute Gasteiger partial charge is 0.388 e. The Hall–Kier alpha value is -0.410. The summed E-state index contributed by atoms with van der Waals surface area (Å²) in [5, 5.41) is 20.3. The van der Waals surface area contributed by atoms with Crippen LogP contribution in [0.5, 0.6) is 0 Å². The lowest BCUT2D eigenvalue weighted by Crippen LogP contribution is -2.36. The molecule has 2 heterocycles. The van der Waals surface area contributed by atoms with Gasteiger partial charge in [-0.1, -0.05) is 0 Å². The standard InChI is InChI=1S/C13H21IN3O4P/c1-22(2,3)5-4-8-9(18)10(19)12(21-8)17-6-7(14)11(15)16-13(17)20/h6,8-10,12,18-19H,1,4-5H2,2-3H3,(H2,15,16,20)/t8-,9-,10-,12?/m1/s1. The molecule has 0 saturated carbocycles. The van der Waals surface area contributed by atoms with Crippen molar-refractivity contribution in [1.29, 1.82) is 0 Å². The first-order chi connectivity index (χ1) is 10.1. The van der Waals surface area contributed by atoms with Gasteiger partial charge in [-0.3, -0.25) is 4.57 Å². The fraction of sp³-hybridized carbons (Fsp3) is 0.615. The predicted molar refractivity (Wildman–Crippen MR) is 96.9 cm³/mol. The normalized spacial score (nSPS) is 29.0. The van der Waals surface area contributed by atoms with Gasteiger partial charge in [0, 0.05) is 6.20 Å². The Morgan fingerprint density at radius 3 is 2.73 bits per heavy atom. The van der Waals surface area contributed by atoms with Crippen molar-refractivity contribution < 1.29 is 14.9 Å². The van der Waals surface area contributed by atoms with Crippen molar-refractivity contribution in [2.24, 2.45) is 0 Å². The van der Waals surface area contributed by atoms with Gasteiger partial charge in [-0.05, 0) is 48.5 Å². The maximum Gasteiger partial charge on any atom is 0.351 e. The monoisotopic (exact) mass is 441 g/mol. The number of nitrogens with zero attached hydrogens (tertiary/aromatic N) is 2. The highest BCUT2D eigenvalue weighted by Gasteiger charge is 2.44. The molecule has 1 aliphatic heterocycles. The zero-order valence-corrected chi connectivity index (χ0v) is 15.6. The second-order valence-electron chi connectivity index (χ2n) is 6.16. The Morgan fingerprint density at radius 2 is 2.14 bits per heavy atom. The number of nitrogen functional groups attached to an aromatic ring is 1. The van der Waals surface area contributed by atoms with Crippen LogP contribution in [0.2, 0.25) is 0 Å². The summed E-state index contributed by atoms with van der Waals surface area (Å²) in [5.74, 6) is 0.134.